The van der Waals surface area contributed by atoms with Crippen LogP contribution in [0, 0.1) is 5.92 Å². The van der Waals surface area contributed by atoms with E-state index in [-0.39, 0.29) is 35.7 Å². The maximum absolute atomic E-state index is 13.5. The van der Waals surface area contributed by atoms with Gasteiger partial charge in [-0.05, 0) is 35.7 Å². The van der Waals surface area contributed by atoms with Crippen molar-refractivity contribution in [1.82, 2.24) is 15.8 Å². The van der Waals surface area contributed by atoms with Crippen molar-refractivity contribution in [2.24, 2.45) is 5.92 Å². The van der Waals surface area contributed by atoms with E-state index in [1.807, 2.05) is 65.6 Å². The fourth-order valence-corrected chi connectivity index (χ4v) is 5.22. The summed E-state index contributed by atoms with van der Waals surface area (Å²) in [6.45, 7) is 3.33. The minimum Gasteiger partial charge on any atom is -0.508 e. The van der Waals surface area contributed by atoms with E-state index in [2.05, 4.69) is 29.9 Å². The second-order valence-electron chi connectivity index (χ2n) is 9.06. The molecule has 176 valence electrons. The topological polar surface area (TPSA) is 73.8 Å². The van der Waals surface area contributed by atoms with E-state index in [4.69, 9.17) is 4.74 Å². The molecule has 6 nitrogen and oxygen atoms in total. The summed E-state index contributed by atoms with van der Waals surface area (Å²) in [5.41, 5.74) is 9.48. The zero-order valence-corrected chi connectivity index (χ0v) is 19.4. The van der Waals surface area contributed by atoms with Gasteiger partial charge in [0.25, 0.3) is 0 Å². The molecule has 0 aromatic heterocycles. The number of likely N-dealkylation sites (tertiary alicyclic amines) is 1. The molecular weight excluding hydrogens is 426 g/mol. The molecule has 2 fully saturated rings. The number of carbonyl (C=O) groups excluding carboxylic acids is 1. The molecule has 4 unspecified atom stereocenters. The second-order valence-corrected chi connectivity index (χ2v) is 9.06. The van der Waals surface area contributed by atoms with Gasteiger partial charge in [0.1, 0.15) is 24.1 Å². The van der Waals surface area contributed by atoms with Gasteiger partial charge in [-0.15, -0.1) is 0 Å². The van der Waals surface area contributed by atoms with Crippen LogP contribution in [-0.2, 0) is 11.4 Å². The minimum atomic E-state index is -0.347. The average molecular weight is 458 g/mol. The maximum Gasteiger partial charge on any atom is 0.242 e. The van der Waals surface area contributed by atoms with Gasteiger partial charge in [-0.25, -0.2) is 10.9 Å². The molecule has 6 heteroatoms. The Labute approximate surface area is 200 Å². The van der Waals surface area contributed by atoms with Crippen molar-refractivity contribution in [3.8, 4) is 11.5 Å². The molecule has 0 spiro atoms. The van der Waals surface area contributed by atoms with Crippen molar-refractivity contribution in [2.75, 3.05) is 6.54 Å². The standard InChI is InChI=1S/C28H31N3O3/c1-2-3-16-31-27(20-12-9-13-21(17-20)34-18-19-10-5-4-6-11-19)24-25(29-30-26(24)28(31)33)22-14-7-8-15-23(22)32/h4-15,17,24-27,29-30,32H,2-3,16,18H2,1H3. The molecule has 2 heterocycles. The van der Waals surface area contributed by atoms with Crippen molar-refractivity contribution < 1.29 is 14.6 Å². The largest absolute Gasteiger partial charge is 0.508 e. The molecule has 0 radical (unpaired) electrons. The molecule has 2 aliphatic heterocycles. The number of phenols is 1. The summed E-state index contributed by atoms with van der Waals surface area (Å²) in [6.07, 6.45) is 1.96. The number of fused-ring (bicyclic) bond motifs is 1. The van der Waals surface area contributed by atoms with Gasteiger partial charge in [-0.1, -0.05) is 74.0 Å². The number of hydrogen-bond donors (Lipinski definition) is 3. The van der Waals surface area contributed by atoms with E-state index >= 15 is 0 Å². The number of benzene rings is 3. The highest BCUT2D eigenvalue weighted by molar-refractivity contribution is 5.86. The fourth-order valence-electron chi connectivity index (χ4n) is 5.22. The van der Waals surface area contributed by atoms with Gasteiger partial charge in [0, 0.05) is 18.0 Å². The smallest absolute Gasteiger partial charge is 0.242 e. The van der Waals surface area contributed by atoms with Crippen LogP contribution >= 0.6 is 0 Å². The molecule has 0 bridgehead atoms. The number of unbranched alkanes of at least 4 members (excludes halogenated alkanes) is 1. The van der Waals surface area contributed by atoms with E-state index in [0.717, 1.165) is 35.3 Å². The lowest BCUT2D eigenvalue weighted by Crippen LogP contribution is -2.41. The monoisotopic (exact) mass is 457 g/mol. The number of phenolic OH excluding ortho intramolecular Hbond substituents is 1. The van der Waals surface area contributed by atoms with Gasteiger partial charge in [0.15, 0.2) is 0 Å². The van der Waals surface area contributed by atoms with Gasteiger partial charge in [0.05, 0.1) is 12.1 Å². The Morgan fingerprint density at radius 1 is 0.941 bits per heavy atom. The van der Waals surface area contributed by atoms with Crippen LogP contribution < -0.4 is 15.6 Å². The Balaban J connectivity index is 1.47. The third kappa shape index (κ3) is 4.27. The normalized spacial score (nSPS) is 23.8. The number of hydrogen-bond acceptors (Lipinski definition) is 5. The molecule has 4 atom stereocenters. The Hall–Kier alpha value is -3.35. The molecule has 0 saturated carbocycles. The molecule has 5 rings (SSSR count). The first-order valence-electron chi connectivity index (χ1n) is 12.0. The number of aromatic hydroxyl groups is 1. The lowest BCUT2D eigenvalue weighted by atomic mass is 9.83. The number of hydrazine groups is 1. The van der Waals surface area contributed by atoms with Gasteiger partial charge in [-0.3, -0.25) is 4.79 Å². The van der Waals surface area contributed by atoms with Crippen molar-refractivity contribution >= 4 is 5.91 Å². The van der Waals surface area contributed by atoms with Crippen molar-refractivity contribution in [3.63, 3.8) is 0 Å². The third-order valence-electron chi connectivity index (χ3n) is 6.89. The lowest BCUT2D eigenvalue weighted by molar-refractivity contribution is -0.130. The molecule has 34 heavy (non-hydrogen) atoms. The van der Waals surface area contributed by atoms with Crippen LogP contribution in [0.1, 0.15) is 48.5 Å². The third-order valence-corrected chi connectivity index (χ3v) is 6.89. The summed E-state index contributed by atoms with van der Waals surface area (Å²) in [5.74, 6) is 1.05. The molecule has 3 aromatic carbocycles. The van der Waals surface area contributed by atoms with Crippen LogP contribution in [0.25, 0.3) is 0 Å². The van der Waals surface area contributed by atoms with Crippen LogP contribution in [0.4, 0.5) is 0 Å². The van der Waals surface area contributed by atoms with Crippen LogP contribution in [0.15, 0.2) is 78.9 Å². The molecule has 3 aromatic rings. The SMILES string of the molecule is CCCCN1C(=O)C2NNC(c3ccccc3O)C2C1c1cccc(OCc2ccccc2)c1. The summed E-state index contributed by atoms with van der Waals surface area (Å²) in [4.78, 5) is 15.5. The van der Waals surface area contributed by atoms with Crippen LogP contribution in [0.5, 0.6) is 11.5 Å². The number of nitrogens with zero attached hydrogens (tertiary/aromatic N) is 1. The summed E-state index contributed by atoms with van der Waals surface area (Å²) in [5, 5.41) is 10.6. The number of para-hydroxylation sites is 1. The zero-order valence-electron chi connectivity index (χ0n) is 19.4. The minimum absolute atomic E-state index is 0.0676. The summed E-state index contributed by atoms with van der Waals surface area (Å²) >= 11 is 0. The lowest BCUT2D eigenvalue weighted by Gasteiger charge is -2.31. The first-order chi connectivity index (χ1) is 16.7. The summed E-state index contributed by atoms with van der Waals surface area (Å²) < 4.78 is 6.10. The molecule has 1 amide bonds. The fraction of sp³-hybridized carbons (Fsp3) is 0.321. The van der Waals surface area contributed by atoms with E-state index in [9.17, 15) is 9.90 Å². The van der Waals surface area contributed by atoms with E-state index in [1.165, 1.54) is 0 Å². The Kier molecular flexibility index (Phi) is 6.52. The zero-order chi connectivity index (χ0) is 23.5. The Bertz CT molecular complexity index is 1140. The number of ether oxygens (including phenoxy) is 1. The summed E-state index contributed by atoms with van der Waals surface area (Å²) in [7, 11) is 0. The van der Waals surface area contributed by atoms with E-state index in [1.54, 1.807) is 6.07 Å². The number of amides is 1. The van der Waals surface area contributed by atoms with Crippen LogP contribution in [0.3, 0.4) is 0 Å². The van der Waals surface area contributed by atoms with Crippen molar-refractivity contribution in [2.45, 2.75) is 44.5 Å². The van der Waals surface area contributed by atoms with Gasteiger partial charge < -0.3 is 14.7 Å². The van der Waals surface area contributed by atoms with E-state index < -0.39 is 0 Å². The van der Waals surface area contributed by atoms with Crippen molar-refractivity contribution in [3.05, 3.63) is 95.6 Å². The van der Waals surface area contributed by atoms with Gasteiger partial charge >= 0.3 is 0 Å². The van der Waals surface area contributed by atoms with Crippen molar-refractivity contribution in [1.29, 1.82) is 0 Å². The number of rotatable bonds is 8. The molecule has 3 N–H and O–H groups in total. The molecule has 2 saturated heterocycles. The molecular formula is C28H31N3O3. The maximum atomic E-state index is 13.5. The predicted molar refractivity (Wildman–Crippen MR) is 131 cm³/mol. The highest BCUT2D eigenvalue weighted by Gasteiger charge is 2.55. The summed E-state index contributed by atoms with van der Waals surface area (Å²) in [6, 6.07) is 24.9. The molecule has 0 aliphatic carbocycles. The van der Waals surface area contributed by atoms with Gasteiger partial charge in [0.2, 0.25) is 5.91 Å². The van der Waals surface area contributed by atoms with Crippen LogP contribution in [-0.4, -0.2) is 28.5 Å². The second kappa shape index (κ2) is 9.87. The van der Waals surface area contributed by atoms with Crippen LogP contribution in [0.2, 0.25) is 0 Å². The quantitative estimate of drug-likeness (QED) is 0.465. The predicted octanol–water partition coefficient (Wildman–Crippen LogP) is 4.49. The first-order valence-corrected chi connectivity index (χ1v) is 12.0. The average Bonchev–Trinajstić information content (AvgIpc) is 3.41. The molecule has 2 aliphatic rings. The Morgan fingerprint density at radius 2 is 1.71 bits per heavy atom. The highest BCUT2D eigenvalue weighted by atomic mass is 16.5. The first kappa shape index (κ1) is 22.4. The Morgan fingerprint density at radius 3 is 2.50 bits per heavy atom. The van der Waals surface area contributed by atoms with Gasteiger partial charge in [-0.2, -0.15) is 0 Å². The number of carbonyl (C=O) groups is 1. The van der Waals surface area contributed by atoms with E-state index in [0.29, 0.717) is 13.2 Å². The number of nitrogens with one attached hydrogen (secondary N) is 2. The highest BCUT2D eigenvalue weighted by Crippen LogP contribution is 2.48.